The van der Waals surface area contributed by atoms with Crippen LogP contribution >= 0.6 is 0 Å². The minimum atomic E-state index is -1.13. The van der Waals surface area contributed by atoms with Gasteiger partial charge in [0.25, 0.3) is 0 Å². The number of carboxylic acid groups (broad SMARTS) is 1. The zero-order valence-corrected chi connectivity index (χ0v) is 21.7. The van der Waals surface area contributed by atoms with Crippen molar-refractivity contribution < 1.29 is 19.5 Å². The third-order valence-corrected chi connectivity index (χ3v) is 6.00. The summed E-state index contributed by atoms with van der Waals surface area (Å²) in [6, 6.07) is 7.12. The first kappa shape index (κ1) is 30.9. The quantitative estimate of drug-likeness (QED) is 0.104. The number of aliphatic imine (C=N–C) groups is 1. The fourth-order valence-electron chi connectivity index (χ4n) is 3.96. The highest BCUT2D eigenvalue weighted by atomic mass is 16.4. The molecule has 0 spiro atoms. The molecule has 0 aliphatic heterocycles. The Balaban J connectivity index is 2.57. The fourth-order valence-corrected chi connectivity index (χ4v) is 3.96. The molecule has 0 aliphatic rings. The zero-order chi connectivity index (χ0) is 26.6. The molecular formula is C27H45N5O4. The van der Waals surface area contributed by atoms with Crippen molar-refractivity contribution in [3.63, 3.8) is 0 Å². The van der Waals surface area contributed by atoms with Crippen LogP contribution in [0.3, 0.4) is 0 Å². The number of aliphatic carboxylic acids is 1. The number of nitrogens with zero attached hydrogens (tertiary/aromatic N) is 1. The lowest BCUT2D eigenvalue weighted by Gasteiger charge is -2.21. The third-order valence-electron chi connectivity index (χ3n) is 6.00. The summed E-state index contributed by atoms with van der Waals surface area (Å²) in [5.74, 6) is -1.91. The zero-order valence-electron chi connectivity index (χ0n) is 21.7. The van der Waals surface area contributed by atoms with Gasteiger partial charge in [-0.3, -0.25) is 14.6 Å². The molecule has 0 aromatic heterocycles. The van der Waals surface area contributed by atoms with Gasteiger partial charge in [-0.05, 0) is 24.8 Å². The molecule has 0 saturated heterocycles. The maximum atomic E-state index is 13.0. The first-order valence-corrected chi connectivity index (χ1v) is 13.2. The van der Waals surface area contributed by atoms with Crippen LogP contribution < -0.4 is 22.1 Å². The van der Waals surface area contributed by atoms with Gasteiger partial charge in [0.1, 0.15) is 12.1 Å². The smallest absolute Gasteiger partial charge is 0.326 e. The van der Waals surface area contributed by atoms with Crippen molar-refractivity contribution in [2.45, 2.75) is 102 Å². The Morgan fingerprint density at radius 3 is 2.06 bits per heavy atom. The molecule has 0 fully saturated rings. The number of rotatable bonds is 20. The number of carbonyl (C=O) groups is 3. The first-order chi connectivity index (χ1) is 17.3. The van der Waals surface area contributed by atoms with E-state index in [1.165, 1.54) is 38.5 Å². The highest BCUT2D eigenvalue weighted by Gasteiger charge is 2.26. The van der Waals surface area contributed by atoms with Gasteiger partial charge in [-0.2, -0.15) is 0 Å². The summed E-state index contributed by atoms with van der Waals surface area (Å²) in [5, 5.41) is 15.0. The topological polar surface area (TPSA) is 160 Å². The molecule has 7 N–H and O–H groups in total. The van der Waals surface area contributed by atoms with Gasteiger partial charge in [-0.15, -0.1) is 0 Å². The summed E-state index contributed by atoms with van der Waals surface area (Å²) in [4.78, 5) is 41.2. The van der Waals surface area contributed by atoms with Crippen molar-refractivity contribution in [3.8, 4) is 0 Å². The Morgan fingerprint density at radius 2 is 1.47 bits per heavy atom. The van der Waals surface area contributed by atoms with E-state index in [0.717, 1.165) is 24.8 Å². The van der Waals surface area contributed by atoms with Gasteiger partial charge in [-0.25, -0.2) is 4.79 Å². The van der Waals surface area contributed by atoms with Crippen molar-refractivity contribution in [3.05, 3.63) is 35.9 Å². The van der Waals surface area contributed by atoms with Crippen LogP contribution in [0.25, 0.3) is 0 Å². The van der Waals surface area contributed by atoms with E-state index in [0.29, 0.717) is 25.8 Å². The molecule has 1 aromatic carbocycles. The van der Waals surface area contributed by atoms with Crippen LogP contribution in [0, 0.1) is 0 Å². The number of hydrogen-bond acceptors (Lipinski definition) is 4. The van der Waals surface area contributed by atoms with Crippen molar-refractivity contribution in [2.75, 3.05) is 6.54 Å². The van der Waals surface area contributed by atoms with Crippen LogP contribution in [0.1, 0.15) is 89.5 Å². The summed E-state index contributed by atoms with van der Waals surface area (Å²) in [5.41, 5.74) is 11.5. The van der Waals surface area contributed by atoms with Crippen LogP contribution in [0.5, 0.6) is 0 Å². The van der Waals surface area contributed by atoms with E-state index >= 15 is 0 Å². The second-order valence-electron chi connectivity index (χ2n) is 9.24. The highest BCUT2D eigenvalue weighted by Crippen LogP contribution is 2.11. The molecule has 0 aliphatic carbocycles. The number of guanidine groups is 1. The van der Waals surface area contributed by atoms with Gasteiger partial charge in [0.05, 0.1) is 0 Å². The predicted molar refractivity (Wildman–Crippen MR) is 143 cm³/mol. The van der Waals surface area contributed by atoms with Gasteiger partial charge < -0.3 is 27.2 Å². The van der Waals surface area contributed by atoms with Gasteiger partial charge in [-0.1, -0.05) is 88.6 Å². The second kappa shape index (κ2) is 19.1. The molecule has 202 valence electrons. The Hall–Kier alpha value is -3.10. The lowest BCUT2D eigenvalue weighted by molar-refractivity contribution is -0.142. The Morgan fingerprint density at radius 1 is 0.861 bits per heavy atom. The summed E-state index contributed by atoms with van der Waals surface area (Å²) in [6.45, 7) is 2.52. The monoisotopic (exact) mass is 503 g/mol. The van der Waals surface area contributed by atoms with Crippen LogP contribution in [0.2, 0.25) is 0 Å². The predicted octanol–water partition coefficient (Wildman–Crippen LogP) is 3.26. The van der Waals surface area contributed by atoms with Crippen molar-refractivity contribution in [1.82, 2.24) is 10.6 Å². The van der Waals surface area contributed by atoms with Crippen molar-refractivity contribution in [1.29, 1.82) is 0 Å². The number of nitrogens with two attached hydrogens (primary N) is 2. The summed E-state index contributed by atoms with van der Waals surface area (Å²) in [6.07, 6.45) is 11.6. The average Bonchev–Trinajstić information content (AvgIpc) is 2.84. The second-order valence-corrected chi connectivity index (χ2v) is 9.24. The highest BCUT2D eigenvalue weighted by molar-refractivity contribution is 5.90. The minimum Gasteiger partial charge on any atom is -0.480 e. The largest absolute Gasteiger partial charge is 0.480 e. The van der Waals surface area contributed by atoms with E-state index in [9.17, 15) is 19.5 Å². The maximum absolute atomic E-state index is 13.0. The van der Waals surface area contributed by atoms with Crippen LogP contribution in [-0.4, -0.2) is 47.5 Å². The van der Waals surface area contributed by atoms with Crippen LogP contribution in [0.4, 0.5) is 0 Å². The van der Waals surface area contributed by atoms with Crippen molar-refractivity contribution in [2.24, 2.45) is 16.5 Å². The van der Waals surface area contributed by atoms with Gasteiger partial charge in [0, 0.05) is 19.4 Å². The molecule has 2 amide bonds. The molecule has 9 heteroatoms. The van der Waals surface area contributed by atoms with E-state index in [4.69, 9.17) is 11.5 Å². The molecule has 1 rings (SSSR count). The molecule has 0 heterocycles. The maximum Gasteiger partial charge on any atom is 0.326 e. The Bertz CT molecular complexity index is 797. The number of carbonyl (C=O) groups excluding carboxylic acids is 2. The van der Waals surface area contributed by atoms with Crippen molar-refractivity contribution >= 4 is 23.7 Å². The van der Waals surface area contributed by atoms with Crippen LogP contribution in [0.15, 0.2) is 35.3 Å². The van der Waals surface area contributed by atoms with Crippen LogP contribution in [-0.2, 0) is 20.8 Å². The van der Waals surface area contributed by atoms with Gasteiger partial charge in [0.2, 0.25) is 11.8 Å². The van der Waals surface area contributed by atoms with Gasteiger partial charge in [0.15, 0.2) is 5.96 Å². The number of amides is 2. The Labute approximate surface area is 215 Å². The molecule has 2 atom stereocenters. The number of nitrogens with one attached hydrogen (secondary N) is 2. The number of hydrogen-bond donors (Lipinski definition) is 5. The summed E-state index contributed by atoms with van der Waals surface area (Å²) >= 11 is 0. The normalized spacial score (nSPS) is 12.4. The summed E-state index contributed by atoms with van der Waals surface area (Å²) < 4.78 is 0. The molecule has 0 bridgehead atoms. The number of benzene rings is 1. The molecular weight excluding hydrogens is 458 g/mol. The van der Waals surface area contributed by atoms with E-state index < -0.39 is 24.0 Å². The first-order valence-electron chi connectivity index (χ1n) is 13.2. The molecule has 0 saturated carbocycles. The van der Waals surface area contributed by atoms with E-state index in [1.807, 2.05) is 30.3 Å². The molecule has 1 aromatic rings. The summed E-state index contributed by atoms with van der Waals surface area (Å²) in [7, 11) is 0. The SMILES string of the molecule is CCCCCCCCCCCC(=O)N[C@H](CCCN=C(N)N)C(=O)N[C@H](Cc1ccccc1)C(=O)O. The Kier molecular flexibility index (Phi) is 16.4. The molecule has 0 radical (unpaired) electrons. The molecule has 36 heavy (non-hydrogen) atoms. The standard InChI is InChI=1S/C27H45N5O4/c1-2-3-4-5-6-7-8-9-13-18-24(33)31-22(17-14-19-30-27(28)29)25(34)32-23(26(35)36)20-21-15-11-10-12-16-21/h10-12,15-16,22-23H,2-9,13-14,17-20H2,1H3,(H,31,33)(H,32,34)(H,35,36)(H4,28,29,30)/t22-,23-/m1/s1. The molecule has 9 nitrogen and oxygen atoms in total. The van der Waals surface area contributed by atoms with E-state index in [1.54, 1.807) is 0 Å². The van der Waals surface area contributed by atoms with Gasteiger partial charge >= 0.3 is 5.97 Å². The molecule has 0 unspecified atom stereocenters. The van der Waals surface area contributed by atoms with E-state index in [2.05, 4.69) is 22.5 Å². The third kappa shape index (κ3) is 15.0. The minimum absolute atomic E-state index is 0.0424. The lowest BCUT2D eigenvalue weighted by Crippen LogP contribution is -2.52. The number of carboxylic acids is 1. The lowest BCUT2D eigenvalue weighted by atomic mass is 10.0. The fraction of sp³-hybridized carbons (Fsp3) is 0.630. The average molecular weight is 504 g/mol. The van der Waals surface area contributed by atoms with E-state index in [-0.39, 0.29) is 18.3 Å². The number of unbranched alkanes of at least 4 members (excludes halogenated alkanes) is 8.